The molecule has 2 heterocycles. The molecule has 1 amide bonds. The Morgan fingerprint density at radius 3 is 2.88 bits per heavy atom. The first-order valence-corrected chi connectivity index (χ1v) is 9.57. The van der Waals surface area contributed by atoms with E-state index in [4.69, 9.17) is 4.74 Å². The van der Waals surface area contributed by atoms with Crippen molar-refractivity contribution < 1.29 is 19.7 Å². The van der Waals surface area contributed by atoms with Gasteiger partial charge in [0.2, 0.25) is 5.91 Å². The fourth-order valence-electron chi connectivity index (χ4n) is 4.47. The lowest BCUT2D eigenvalue weighted by molar-refractivity contribution is -0.117. The maximum Gasteiger partial charge on any atom is 0.225 e. The standard InChI is InChI=1S/C20H30N2O4/c1-3-12(11-23)13-6-7-21-18(8-13)20(25)16-10-19(24)22-17-5-4-14(26-2)9-15(16)17/h4-5,9,12-13,16,18,20-21,23,25H,3,6-8,10-11H2,1-2H3,(H,22,24). The predicted octanol–water partition coefficient (Wildman–Crippen LogP) is 1.87. The summed E-state index contributed by atoms with van der Waals surface area (Å²) in [6.45, 7) is 3.12. The fraction of sp³-hybridized carbons (Fsp3) is 0.650. The van der Waals surface area contributed by atoms with Crippen molar-refractivity contribution in [2.75, 3.05) is 25.6 Å². The van der Waals surface area contributed by atoms with E-state index < -0.39 is 6.10 Å². The summed E-state index contributed by atoms with van der Waals surface area (Å²) in [6.07, 6.45) is 2.37. The van der Waals surface area contributed by atoms with E-state index in [2.05, 4.69) is 17.6 Å². The Balaban J connectivity index is 1.81. The van der Waals surface area contributed by atoms with Crippen molar-refractivity contribution in [2.45, 2.75) is 50.7 Å². The summed E-state index contributed by atoms with van der Waals surface area (Å²) in [5, 5.41) is 27.1. The molecule has 144 valence electrons. The molecular formula is C20H30N2O4. The zero-order valence-electron chi connectivity index (χ0n) is 15.6. The number of ether oxygens (including phenoxy) is 1. The first-order valence-electron chi connectivity index (χ1n) is 9.57. The molecule has 6 heteroatoms. The Bertz CT molecular complexity index is 632. The van der Waals surface area contributed by atoms with Crippen molar-refractivity contribution in [3.05, 3.63) is 23.8 Å². The molecule has 26 heavy (non-hydrogen) atoms. The molecule has 1 aromatic carbocycles. The number of piperidine rings is 1. The van der Waals surface area contributed by atoms with Crippen molar-refractivity contribution in [3.63, 3.8) is 0 Å². The number of carbonyl (C=O) groups is 1. The summed E-state index contributed by atoms with van der Waals surface area (Å²) in [5.41, 5.74) is 1.68. The minimum absolute atomic E-state index is 0.0686. The third kappa shape index (κ3) is 3.87. The highest BCUT2D eigenvalue weighted by Crippen LogP contribution is 2.39. The van der Waals surface area contributed by atoms with Crippen LogP contribution in [-0.4, -0.2) is 48.5 Å². The van der Waals surface area contributed by atoms with Gasteiger partial charge in [-0.3, -0.25) is 4.79 Å². The Hall–Kier alpha value is -1.63. The molecular weight excluding hydrogens is 332 g/mol. The number of benzene rings is 1. The summed E-state index contributed by atoms with van der Waals surface area (Å²) >= 11 is 0. The second-order valence-electron chi connectivity index (χ2n) is 7.50. The molecule has 0 bridgehead atoms. The van der Waals surface area contributed by atoms with Crippen molar-refractivity contribution in [1.29, 1.82) is 0 Å². The van der Waals surface area contributed by atoms with Crippen molar-refractivity contribution in [2.24, 2.45) is 11.8 Å². The SMILES string of the molecule is CCC(CO)C1CCNC(C(O)C2CC(=O)Nc3ccc(OC)cc32)C1. The van der Waals surface area contributed by atoms with E-state index in [9.17, 15) is 15.0 Å². The lowest BCUT2D eigenvalue weighted by Crippen LogP contribution is -2.50. The van der Waals surface area contributed by atoms with Crippen LogP contribution in [0.4, 0.5) is 5.69 Å². The molecule has 0 aliphatic carbocycles. The minimum Gasteiger partial charge on any atom is -0.497 e. The van der Waals surface area contributed by atoms with Crippen LogP contribution in [0.5, 0.6) is 5.75 Å². The second kappa shape index (κ2) is 8.37. The maximum absolute atomic E-state index is 12.1. The van der Waals surface area contributed by atoms with E-state index in [-0.39, 0.29) is 36.8 Å². The van der Waals surface area contributed by atoms with Gasteiger partial charge in [-0.1, -0.05) is 13.3 Å². The largest absolute Gasteiger partial charge is 0.497 e. The molecule has 1 saturated heterocycles. The summed E-state index contributed by atoms with van der Waals surface area (Å²) in [7, 11) is 1.61. The Morgan fingerprint density at radius 1 is 1.38 bits per heavy atom. The van der Waals surface area contributed by atoms with Gasteiger partial charge in [0.25, 0.3) is 0 Å². The average Bonchev–Trinajstić information content (AvgIpc) is 2.67. The number of amides is 1. The molecule has 0 aromatic heterocycles. The maximum atomic E-state index is 12.1. The van der Waals surface area contributed by atoms with Gasteiger partial charge in [0.15, 0.2) is 0 Å². The molecule has 5 atom stereocenters. The number of anilines is 1. The van der Waals surface area contributed by atoms with Gasteiger partial charge in [0, 0.05) is 30.7 Å². The average molecular weight is 362 g/mol. The van der Waals surface area contributed by atoms with Crippen LogP contribution in [0.25, 0.3) is 0 Å². The molecule has 1 aromatic rings. The Morgan fingerprint density at radius 2 is 2.19 bits per heavy atom. The van der Waals surface area contributed by atoms with Gasteiger partial charge in [-0.25, -0.2) is 0 Å². The normalized spacial score (nSPS) is 28.0. The number of fused-ring (bicyclic) bond motifs is 1. The molecule has 3 rings (SSSR count). The number of carbonyl (C=O) groups excluding carboxylic acids is 1. The Kier molecular flexibility index (Phi) is 6.16. The third-order valence-electron chi connectivity index (χ3n) is 6.07. The topological polar surface area (TPSA) is 90.8 Å². The number of aliphatic hydroxyl groups excluding tert-OH is 2. The smallest absolute Gasteiger partial charge is 0.225 e. The number of aliphatic hydroxyl groups is 2. The predicted molar refractivity (Wildman–Crippen MR) is 100 cm³/mol. The van der Waals surface area contributed by atoms with Crippen LogP contribution in [0.15, 0.2) is 18.2 Å². The lowest BCUT2D eigenvalue weighted by Gasteiger charge is -2.40. The molecule has 1 fully saturated rings. The van der Waals surface area contributed by atoms with Crippen LogP contribution < -0.4 is 15.4 Å². The van der Waals surface area contributed by atoms with E-state index in [0.29, 0.717) is 5.92 Å². The number of rotatable bonds is 6. The molecule has 4 N–H and O–H groups in total. The zero-order valence-corrected chi connectivity index (χ0v) is 15.6. The summed E-state index contributed by atoms with van der Waals surface area (Å²) in [5.74, 6) is 1.06. The molecule has 6 nitrogen and oxygen atoms in total. The molecule has 2 aliphatic heterocycles. The van der Waals surface area contributed by atoms with Gasteiger partial charge < -0.3 is 25.6 Å². The van der Waals surface area contributed by atoms with Crippen LogP contribution in [0.2, 0.25) is 0 Å². The molecule has 0 saturated carbocycles. The highest BCUT2D eigenvalue weighted by Gasteiger charge is 2.38. The van der Waals surface area contributed by atoms with Crippen LogP contribution in [0, 0.1) is 11.8 Å². The highest BCUT2D eigenvalue weighted by atomic mass is 16.5. The quantitative estimate of drug-likeness (QED) is 0.620. The molecule has 0 spiro atoms. The summed E-state index contributed by atoms with van der Waals surface area (Å²) < 4.78 is 5.32. The van der Waals surface area contributed by atoms with E-state index in [1.54, 1.807) is 7.11 Å². The summed E-state index contributed by atoms with van der Waals surface area (Å²) in [4.78, 5) is 12.1. The monoisotopic (exact) mass is 362 g/mol. The van der Waals surface area contributed by atoms with E-state index in [1.165, 1.54) is 0 Å². The van der Waals surface area contributed by atoms with Crippen LogP contribution in [0.3, 0.4) is 0 Å². The first kappa shape index (κ1) is 19.1. The Labute approximate surface area is 154 Å². The van der Waals surface area contributed by atoms with Crippen molar-refractivity contribution in [3.8, 4) is 5.75 Å². The fourth-order valence-corrected chi connectivity index (χ4v) is 4.47. The van der Waals surface area contributed by atoms with Gasteiger partial charge in [0.1, 0.15) is 5.75 Å². The molecule has 0 radical (unpaired) electrons. The number of nitrogens with one attached hydrogen (secondary N) is 2. The number of hydrogen-bond acceptors (Lipinski definition) is 5. The highest BCUT2D eigenvalue weighted by molar-refractivity contribution is 5.95. The van der Waals surface area contributed by atoms with Gasteiger partial charge in [-0.05, 0) is 55.0 Å². The van der Waals surface area contributed by atoms with Gasteiger partial charge in [-0.2, -0.15) is 0 Å². The van der Waals surface area contributed by atoms with Gasteiger partial charge >= 0.3 is 0 Å². The van der Waals surface area contributed by atoms with Crippen LogP contribution in [0.1, 0.15) is 44.1 Å². The van der Waals surface area contributed by atoms with Crippen LogP contribution in [-0.2, 0) is 4.79 Å². The second-order valence-corrected chi connectivity index (χ2v) is 7.50. The zero-order chi connectivity index (χ0) is 18.7. The van der Waals surface area contributed by atoms with E-state index >= 15 is 0 Å². The van der Waals surface area contributed by atoms with E-state index in [0.717, 1.165) is 42.8 Å². The van der Waals surface area contributed by atoms with Gasteiger partial charge in [0.05, 0.1) is 13.2 Å². The van der Waals surface area contributed by atoms with Crippen molar-refractivity contribution >= 4 is 11.6 Å². The van der Waals surface area contributed by atoms with Crippen LogP contribution >= 0.6 is 0 Å². The molecule has 5 unspecified atom stereocenters. The minimum atomic E-state index is -0.661. The number of methoxy groups -OCH3 is 1. The van der Waals surface area contributed by atoms with E-state index in [1.807, 2.05) is 18.2 Å². The van der Waals surface area contributed by atoms with Crippen molar-refractivity contribution in [1.82, 2.24) is 5.32 Å². The van der Waals surface area contributed by atoms with Gasteiger partial charge in [-0.15, -0.1) is 0 Å². The lowest BCUT2D eigenvalue weighted by atomic mass is 9.75. The number of hydrogen-bond donors (Lipinski definition) is 4. The summed E-state index contributed by atoms with van der Waals surface area (Å²) in [6, 6.07) is 5.48. The third-order valence-corrected chi connectivity index (χ3v) is 6.07. The molecule has 2 aliphatic rings. The first-order chi connectivity index (χ1) is 12.6.